The van der Waals surface area contributed by atoms with Crippen LogP contribution >= 0.6 is 22.9 Å². The van der Waals surface area contributed by atoms with Crippen LogP contribution in [0.1, 0.15) is 19.4 Å². The zero-order chi connectivity index (χ0) is 15.6. The van der Waals surface area contributed by atoms with Crippen LogP contribution in [0.3, 0.4) is 0 Å². The van der Waals surface area contributed by atoms with Gasteiger partial charge in [0.1, 0.15) is 6.20 Å². The van der Waals surface area contributed by atoms with E-state index in [0.29, 0.717) is 5.02 Å². The molecule has 1 amide bonds. The van der Waals surface area contributed by atoms with E-state index in [2.05, 4.69) is 10.3 Å². The standard InChI is InChI=1S/C13H12ClN3O3S/c1-13(2,8-4-3-5-9(14)6-8)11(18)16-12-15-7-10(21-12)17(19)20/h3-7H,1-2H3,(H,15,16,18). The minimum absolute atomic E-state index is 0.120. The molecule has 2 rings (SSSR count). The number of carbonyl (C=O) groups excluding carboxylic acids is 1. The van der Waals surface area contributed by atoms with Gasteiger partial charge < -0.3 is 5.32 Å². The third kappa shape index (κ3) is 3.37. The highest BCUT2D eigenvalue weighted by Crippen LogP contribution is 2.30. The first-order valence-corrected chi connectivity index (χ1v) is 7.18. The van der Waals surface area contributed by atoms with Crippen molar-refractivity contribution in [2.24, 2.45) is 0 Å². The molecule has 0 aliphatic heterocycles. The van der Waals surface area contributed by atoms with Crippen LogP contribution in [0.25, 0.3) is 0 Å². The fraction of sp³-hybridized carbons (Fsp3) is 0.231. The molecule has 0 bridgehead atoms. The highest BCUT2D eigenvalue weighted by atomic mass is 35.5. The van der Waals surface area contributed by atoms with Crippen molar-refractivity contribution >= 4 is 39.0 Å². The number of carbonyl (C=O) groups is 1. The second kappa shape index (κ2) is 5.79. The van der Waals surface area contributed by atoms with E-state index in [1.54, 1.807) is 38.1 Å². The van der Waals surface area contributed by atoms with Crippen molar-refractivity contribution in [3.63, 3.8) is 0 Å². The first-order chi connectivity index (χ1) is 9.80. The smallest absolute Gasteiger partial charge is 0.301 e. The molecule has 1 aromatic heterocycles. The van der Waals surface area contributed by atoms with Crippen LogP contribution < -0.4 is 5.32 Å². The van der Waals surface area contributed by atoms with Crippen molar-refractivity contribution in [2.75, 3.05) is 5.32 Å². The number of nitro groups is 1. The normalized spacial score (nSPS) is 11.2. The number of hydrogen-bond acceptors (Lipinski definition) is 5. The molecule has 110 valence electrons. The Hall–Kier alpha value is -1.99. The van der Waals surface area contributed by atoms with Crippen LogP contribution in [0.15, 0.2) is 30.5 Å². The SMILES string of the molecule is CC(C)(C(=O)Nc1ncc([N+](=O)[O-])s1)c1cccc(Cl)c1. The Morgan fingerprint density at radius 1 is 1.48 bits per heavy atom. The van der Waals surface area contributed by atoms with Gasteiger partial charge in [0.05, 0.1) is 10.3 Å². The zero-order valence-electron chi connectivity index (χ0n) is 11.3. The maximum Gasteiger partial charge on any atom is 0.345 e. The Morgan fingerprint density at radius 2 is 2.19 bits per heavy atom. The van der Waals surface area contributed by atoms with Gasteiger partial charge in [-0.25, -0.2) is 4.98 Å². The van der Waals surface area contributed by atoms with Crippen LogP contribution in [0.2, 0.25) is 5.02 Å². The Bertz CT molecular complexity index is 699. The molecule has 0 saturated heterocycles. The van der Waals surface area contributed by atoms with E-state index < -0.39 is 10.3 Å². The summed E-state index contributed by atoms with van der Waals surface area (Å²) in [7, 11) is 0. The maximum absolute atomic E-state index is 12.4. The number of nitrogens with zero attached hydrogens (tertiary/aromatic N) is 2. The summed E-state index contributed by atoms with van der Waals surface area (Å²) in [5.74, 6) is -0.311. The summed E-state index contributed by atoms with van der Waals surface area (Å²) < 4.78 is 0. The van der Waals surface area contributed by atoms with E-state index in [-0.39, 0.29) is 16.0 Å². The van der Waals surface area contributed by atoms with Crippen molar-refractivity contribution in [3.05, 3.63) is 51.2 Å². The average Bonchev–Trinajstić information content (AvgIpc) is 2.87. The number of aromatic nitrogens is 1. The number of rotatable bonds is 4. The molecule has 2 aromatic rings. The maximum atomic E-state index is 12.4. The quantitative estimate of drug-likeness (QED) is 0.687. The van der Waals surface area contributed by atoms with Gasteiger partial charge in [-0.1, -0.05) is 23.7 Å². The minimum Gasteiger partial charge on any atom is -0.301 e. The van der Waals surface area contributed by atoms with Gasteiger partial charge in [-0.2, -0.15) is 0 Å². The van der Waals surface area contributed by atoms with Crippen LogP contribution in [0, 0.1) is 10.1 Å². The zero-order valence-corrected chi connectivity index (χ0v) is 12.9. The van der Waals surface area contributed by atoms with E-state index in [1.807, 2.05) is 0 Å². The van der Waals surface area contributed by atoms with Gasteiger partial charge in [0, 0.05) is 5.02 Å². The van der Waals surface area contributed by atoms with E-state index in [0.717, 1.165) is 23.1 Å². The molecule has 0 fully saturated rings. The van der Waals surface area contributed by atoms with Gasteiger partial charge in [-0.3, -0.25) is 14.9 Å². The minimum atomic E-state index is -0.842. The molecule has 21 heavy (non-hydrogen) atoms. The highest BCUT2D eigenvalue weighted by molar-refractivity contribution is 7.18. The van der Waals surface area contributed by atoms with Crippen molar-refractivity contribution in [2.45, 2.75) is 19.3 Å². The molecule has 1 aromatic carbocycles. The lowest BCUT2D eigenvalue weighted by atomic mass is 9.84. The molecular formula is C13H12ClN3O3S. The van der Waals surface area contributed by atoms with Gasteiger partial charge in [-0.15, -0.1) is 0 Å². The summed E-state index contributed by atoms with van der Waals surface area (Å²) >= 11 is 6.75. The molecule has 0 radical (unpaired) electrons. The van der Waals surface area contributed by atoms with Crippen molar-refractivity contribution in [3.8, 4) is 0 Å². The van der Waals surface area contributed by atoms with Crippen molar-refractivity contribution in [1.82, 2.24) is 4.98 Å². The molecular weight excluding hydrogens is 314 g/mol. The summed E-state index contributed by atoms with van der Waals surface area (Å²) in [5, 5.41) is 13.8. The summed E-state index contributed by atoms with van der Waals surface area (Å²) in [5.41, 5.74) is -0.0933. The van der Waals surface area contributed by atoms with Crippen molar-refractivity contribution in [1.29, 1.82) is 0 Å². The third-order valence-electron chi connectivity index (χ3n) is 3.01. The summed E-state index contributed by atoms with van der Waals surface area (Å²) in [6.45, 7) is 3.49. The summed E-state index contributed by atoms with van der Waals surface area (Å²) in [6.07, 6.45) is 1.12. The molecule has 0 aliphatic carbocycles. The topological polar surface area (TPSA) is 85.1 Å². The predicted octanol–water partition coefficient (Wildman–Crippen LogP) is 3.62. The monoisotopic (exact) mass is 325 g/mol. The fourth-order valence-electron chi connectivity index (χ4n) is 1.67. The Labute approximate surface area is 129 Å². The van der Waals surface area contributed by atoms with Gasteiger partial charge in [0.2, 0.25) is 5.91 Å². The molecule has 0 spiro atoms. The van der Waals surface area contributed by atoms with Gasteiger partial charge in [-0.05, 0) is 42.9 Å². The Kier molecular flexibility index (Phi) is 4.24. The Balaban J connectivity index is 2.19. The fourth-order valence-corrected chi connectivity index (χ4v) is 2.49. The second-order valence-corrected chi connectivity index (χ2v) is 6.30. The first-order valence-electron chi connectivity index (χ1n) is 5.98. The number of nitrogens with one attached hydrogen (secondary N) is 1. The third-order valence-corrected chi connectivity index (χ3v) is 4.11. The predicted molar refractivity (Wildman–Crippen MR) is 81.9 cm³/mol. The van der Waals surface area contributed by atoms with Crippen LogP contribution in [-0.2, 0) is 10.2 Å². The van der Waals surface area contributed by atoms with Crippen LogP contribution in [0.5, 0.6) is 0 Å². The Morgan fingerprint density at radius 3 is 2.76 bits per heavy atom. The number of benzene rings is 1. The number of thiazole rings is 1. The van der Waals surface area contributed by atoms with Crippen LogP contribution in [0.4, 0.5) is 10.1 Å². The van der Waals surface area contributed by atoms with Gasteiger partial charge in [0.25, 0.3) is 0 Å². The van der Waals surface area contributed by atoms with Crippen molar-refractivity contribution < 1.29 is 9.72 Å². The first kappa shape index (κ1) is 15.4. The molecule has 0 unspecified atom stereocenters. The number of hydrogen-bond donors (Lipinski definition) is 1. The van der Waals surface area contributed by atoms with E-state index >= 15 is 0 Å². The van der Waals surface area contributed by atoms with Gasteiger partial charge in [0.15, 0.2) is 5.13 Å². The largest absolute Gasteiger partial charge is 0.345 e. The molecule has 0 aliphatic rings. The number of halogens is 1. The molecule has 0 atom stereocenters. The lowest BCUT2D eigenvalue weighted by molar-refractivity contribution is -0.380. The second-order valence-electron chi connectivity index (χ2n) is 4.85. The summed E-state index contributed by atoms with van der Waals surface area (Å²) in [4.78, 5) is 26.2. The van der Waals surface area contributed by atoms with E-state index in [4.69, 9.17) is 11.6 Å². The van der Waals surface area contributed by atoms with Gasteiger partial charge >= 0.3 is 5.00 Å². The van der Waals surface area contributed by atoms with E-state index in [9.17, 15) is 14.9 Å². The summed E-state index contributed by atoms with van der Waals surface area (Å²) in [6, 6.07) is 7.01. The molecule has 0 saturated carbocycles. The molecule has 8 heteroatoms. The lowest BCUT2D eigenvalue weighted by Gasteiger charge is -2.23. The average molecular weight is 326 g/mol. The van der Waals surface area contributed by atoms with Crippen LogP contribution in [-0.4, -0.2) is 15.8 Å². The molecule has 1 heterocycles. The molecule has 6 nitrogen and oxygen atoms in total. The number of anilines is 1. The molecule has 1 N–H and O–H groups in total. The number of amides is 1. The lowest BCUT2D eigenvalue weighted by Crippen LogP contribution is -2.34. The highest BCUT2D eigenvalue weighted by Gasteiger charge is 2.31. The van der Waals surface area contributed by atoms with E-state index in [1.165, 1.54) is 0 Å².